The number of rotatable bonds is 1. The summed E-state index contributed by atoms with van der Waals surface area (Å²) in [5.74, 6) is 0.935. The zero-order chi connectivity index (χ0) is 20.2. The molecule has 10 unspecified atom stereocenters. The highest BCUT2D eigenvalue weighted by atomic mass is 16.7. The van der Waals surface area contributed by atoms with Crippen LogP contribution in [-0.2, 0) is 14.3 Å². The van der Waals surface area contributed by atoms with Crippen molar-refractivity contribution < 1.29 is 29.6 Å². The number of esters is 1. The van der Waals surface area contributed by atoms with Gasteiger partial charge in [0.1, 0.15) is 0 Å². The van der Waals surface area contributed by atoms with Gasteiger partial charge in [-0.1, -0.05) is 6.92 Å². The fraction of sp³-hybridized carbons (Fsp3) is 0.957. The van der Waals surface area contributed by atoms with Crippen LogP contribution in [0, 0.1) is 34.5 Å². The molecule has 4 aliphatic carbocycles. The minimum atomic E-state index is -1.00. The lowest BCUT2D eigenvalue weighted by molar-refractivity contribution is -0.335. The first-order chi connectivity index (χ1) is 13.8. The quantitative estimate of drug-likeness (QED) is 0.578. The standard InChI is InChI=1S/C23H34O6/c1-20-6-3-16-17(4-8-22(27)11-13(25)2-7-21(16,22)12-24)23(20)9-5-15(20)14-10-18(26)28-19(14)29-23/h13-17,19,24-25,27H,2-12H2,1H3. The number of aliphatic hydroxyl groups is 3. The number of fused-ring (bicyclic) bond motifs is 5. The molecule has 6 nitrogen and oxygen atoms in total. The summed E-state index contributed by atoms with van der Waals surface area (Å²) in [6, 6.07) is 0. The van der Waals surface area contributed by atoms with E-state index in [0.29, 0.717) is 38.0 Å². The fourth-order valence-electron chi connectivity index (χ4n) is 9.51. The Morgan fingerprint density at radius 3 is 2.59 bits per heavy atom. The Balaban J connectivity index is 1.42. The molecule has 2 bridgehead atoms. The van der Waals surface area contributed by atoms with Crippen molar-refractivity contribution >= 4 is 5.97 Å². The largest absolute Gasteiger partial charge is 0.435 e. The second-order valence-corrected chi connectivity index (χ2v) is 11.3. The molecule has 6 heteroatoms. The Morgan fingerprint density at radius 1 is 1.03 bits per heavy atom. The Bertz CT molecular complexity index is 741. The molecule has 2 heterocycles. The first-order valence-electron chi connectivity index (χ1n) is 11.7. The average Bonchev–Trinajstić information content (AvgIpc) is 3.13. The van der Waals surface area contributed by atoms with Gasteiger partial charge in [-0.2, -0.15) is 0 Å². The Kier molecular flexibility index (Phi) is 3.78. The van der Waals surface area contributed by atoms with E-state index in [9.17, 15) is 20.1 Å². The SMILES string of the molecule is CC12CCC3C(CCC4(O)CC(O)CCC34CO)C13CCC2C1CC(=O)OC1O3. The highest BCUT2D eigenvalue weighted by molar-refractivity contribution is 5.72. The molecule has 0 aromatic rings. The van der Waals surface area contributed by atoms with Crippen molar-refractivity contribution in [3.05, 3.63) is 0 Å². The number of aliphatic hydroxyl groups excluding tert-OH is 2. The number of carbonyl (C=O) groups is 1. The minimum Gasteiger partial charge on any atom is -0.435 e. The van der Waals surface area contributed by atoms with Gasteiger partial charge in [0.05, 0.1) is 30.3 Å². The third kappa shape index (κ3) is 2.05. The molecule has 6 rings (SSSR count). The van der Waals surface area contributed by atoms with E-state index in [4.69, 9.17) is 9.47 Å². The molecular weight excluding hydrogens is 372 g/mol. The van der Waals surface area contributed by atoms with E-state index in [2.05, 4.69) is 6.92 Å². The Labute approximate surface area is 172 Å². The first-order valence-corrected chi connectivity index (χ1v) is 11.7. The van der Waals surface area contributed by atoms with Crippen LogP contribution in [0.3, 0.4) is 0 Å². The van der Waals surface area contributed by atoms with Crippen LogP contribution in [0.4, 0.5) is 0 Å². The summed E-state index contributed by atoms with van der Waals surface area (Å²) in [6.07, 6.45) is 6.76. The van der Waals surface area contributed by atoms with Crippen molar-refractivity contribution in [3.8, 4) is 0 Å². The van der Waals surface area contributed by atoms with Crippen LogP contribution in [-0.4, -0.2) is 51.5 Å². The van der Waals surface area contributed by atoms with Crippen molar-refractivity contribution in [2.45, 2.75) is 94.7 Å². The molecule has 0 aromatic heterocycles. The second-order valence-electron chi connectivity index (χ2n) is 11.3. The Hall–Kier alpha value is -0.690. The van der Waals surface area contributed by atoms with Gasteiger partial charge < -0.3 is 24.8 Å². The van der Waals surface area contributed by atoms with Crippen LogP contribution < -0.4 is 0 Å². The van der Waals surface area contributed by atoms with Gasteiger partial charge in [-0.3, -0.25) is 4.79 Å². The van der Waals surface area contributed by atoms with E-state index >= 15 is 0 Å². The molecule has 10 atom stereocenters. The maximum absolute atomic E-state index is 12.0. The molecular formula is C23H34O6. The molecule has 0 amide bonds. The van der Waals surface area contributed by atoms with E-state index in [-0.39, 0.29) is 41.3 Å². The first kappa shape index (κ1) is 19.0. The van der Waals surface area contributed by atoms with Crippen LogP contribution in [0.25, 0.3) is 0 Å². The van der Waals surface area contributed by atoms with Gasteiger partial charge in [-0.25, -0.2) is 0 Å². The molecule has 0 radical (unpaired) electrons. The third-order valence-corrected chi connectivity index (χ3v) is 10.8. The van der Waals surface area contributed by atoms with Crippen molar-refractivity contribution in [2.24, 2.45) is 34.5 Å². The summed E-state index contributed by atoms with van der Waals surface area (Å²) in [4.78, 5) is 12.0. The van der Waals surface area contributed by atoms with Gasteiger partial charge in [0.25, 0.3) is 0 Å². The third-order valence-electron chi connectivity index (χ3n) is 10.8. The summed E-state index contributed by atoms with van der Waals surface area (Å²) < 4.78 is 12.4. The van der Waals surface area contributed by atoms with Crippen molar-refractivity contribution in [3.63, 3.8) is 0 Å². The highest BCUT2D eigenvalue weighted by Gasteiger charge is 2.75. The fourth-order valence-corrected chi connectivity index (χ4v) is 9.51. The average molecular weight is 407 g/mol. The summed E-state index contributed by atoms with van der Waals surface area (Å²) in [6.45, 7) is 2.34. The summed E-state index contributed by atoms with van der Waals surface area (Å²) in [5.41, 5.74) is -1.86. The van der Waals surface area contributed by atoms with Crippen LogP contribution >= 0.6 is 0 Å². The topological polar surface area (TPSA) is 96.2 Å². The predicted molar refractivity (Wildman–Crippen MR) is 102 cm³/mol. The smallest absolute Gasteiger partial charge is 0.308 e. The zero-order valence-electron chi connectivity index (χ0n) is 17.3. The van der Waals surface area contributed by atoms with Crippen molar-refractivity contribution in [2.75, 3.05) is 6.61 Å². The van der Waals surface area contributed by atoms with E-state index in [1.165, 1.54) is 0 Å². The maximum Gasteiger partial charge on any atom is 0.308 e. The van der Waals surface area contributed by atoms with E-state index < -0.39 is 23.4 Å². The normalized spacial score (nSPS) is 60.6. The predicted octanol–water partition coefficient (Wildman–Crippen LogP) is 2.14. The van der Waals surface area contributed by atoms with Crippen LogP contribution in [0.2, 0.25) is 0 Å². The van der Waals surface area contributed by atoms with Gasteiger partial charge in [0.15, 0.2) is 0 Å². The van der Waals surface area contributed by atoms with Gasteiger partial charge in [0, 0.05) is 23.2 Å². The monoisotopic (exact) mass is 406 g/mol. The summed E-state index contributed by atoms with van der Waals surface area (Å²) in [5, 5.41) is 32.5. The van der Waals surface area contributed by atoms with Crippen LogP contribution in [0.5, 0.6) is 0 Å². The lowest BCUT2D eigenvalue weighted by atomic mass is 9.41. The summed E-state index contributed by atoms with van der Waals surface area (Å²) in [7, 11) is 0. The number of ether oxygens (including phenoxy) is 2. The van der Waals surface area contributed by atoms with Crippen molar-refractivity contribution in [1.29, 1.82) is 0 Å². The lowest BCUT2D eigenvalue weighted by Crippen LogP contribution is -2.71. The molecule has 162 valence electrons. The molecule has 3 N–H and O–H groups in total. The Morgan fingerprint density at radius 2 is 1.79 bits per heavy atom. The van der Waals surface area contributed by atoms with Gasteiger partial charge in [0.2, 0.25) is 6.29 Å². The van der Waals surface area contributed by atoms with Gasteiger partial charge in [-0.15, -0.1) is 0 Å². The zero-order valence-corrected chi connectivity index (χ0v) is 17.3. The molecule has 2 saturated heterocycles. The van der Waals surface area contributed by atoms with Gasteiger partial charge in [-0.05, 0) is 69.1 Å². The number of hydrogen-bond acceptors (Lipinski definition) is 6. The number of carbonyl (C=O) groups excluding carboxylic acids is 1. The minimum absolute atomic E-state index is 0.0313. The molecule has 6 fully saturated rings. The molecule has 29 heavy (non-hydrogen) atoms. The highest BCUT2D eigenvalue weighted by Crippen LogP contribution is 2.74. The van der Waals surface area contributed by atoms with Crippen molar-refractivity contribution in [1.82, 2.24) is 0 Å². The maximum atomic E-state index is 12.0. The molecule has 0 aromatic carbocycles. The van der Waals surface area contributed by atoms with Gasteiger partial charge >= 0.3 is 5.97 Å². The molecule has 4 saturated carbocycles. The second kappa shape index (κ2) is 5.76. The van der Waals surface area contributed by atoms with Crippen LogP contribution in [0.1, 0.15) is 71.1 Å². The number of hydrogen-bond donors (Lipinski definition) is 3. The molecule has 0 spiro atoms. The molecule has 6 aliphatic rings. The summed E-state index contributed by atoms with van der Waals surface area (Å²) >= 11 is 0. The van der Waals surface area contributed by atoms with E-state index in [1.807, 2.05) is 0 Å². The lowest BCUT2D eigenvalue weighted by Gasteiger charge is -2.68. The van der Waals surface area contributed by atoms with Crippen LogP contribution in [0.15, 0.2) is 0 Å². The van der Waals surface area contributed by atoms with E-state index in [1.54, 1.807) is 0 Å². The van der Waals surface area contributed by atoms with E-state index in [0.717, 1.165) is 32.1 Å². The molecule has 2 aliphatic heterocycles.